The lowest BCUT2D eigenvalue weighted by molar-refractivity contribution is -0.0614. The second-order valence-electron chi connectivity index (χ2n) is 8.82. The van der Waals surface area contributed by atoms with Crippen LogP contribution < -0.4 is 9.08 Å². The van der Waals surface area contributed by atoms with Crippen molar-refractivity contribution in [2.24, 2.45) is 0 Å². The second kappa shape index (κ2) is 9.83. The lowest BCUT2D eigenvalue weighted by Gasteiger charge is -2.39. The Morgan fingerprint density at radius 1 is 1.17 bits per heavy atom. The van der Waals surface area contributed by atoms with Crippen molar-refractivity contribution in [1.29, 1.82) is 5.26 Å². The van der Waals surface area contributed by atoms with E-state index in [-0.39, 0.29) is 24.3 Å². The predicted octanol–water partition coefficient (Wildman–Crippen LogP) is 4.69. The number of ether oxygens (including phenoxy) is 1. The zero-order valence-corrected chi connectivity index (χ0v) is 20.1. The number of rotatable bonds is 5. The molecule has 1 aromatic heterocycles. The van der Waals surface area contributed by atoms with E-state index in [0.717, 1.165) is 11.1 Å². The highest BCUT2D eigenvalue weighted by molar-refractivity contribution is 8.21. The normalized spacial score (nSPS) is 21.8. The summed E-state index contributed by atoms with van der Waals surface area (Å²) in [5.41, 5.74) is -3.36. The van der Waals surface area contributed by atoms with Gasteiger partial charge in [0.05, 0.1) is 12.2 Å². The number of benzene rings is 1. The Kier molecular flexibility index (Phi) is 7.17. The summed E-state index contributed by atoms with van der Waals surface area (Å²) in [5.74, 6) is -0.348. The summed E-state index contributed by atoms with van der Waals surface area (Å²) in [7, 11) is -5.51. The first-order valence-electron chi connectivity index (χ1n) is 11.1. The molecule has 1 aromatic carbocycles. The molecule has 4 rings (SSSR count). The highest BCUT2D eigenvalue weighted by Crippen LogP contribution is 2.56. The molecule has 2 aromatic rings. The number of nitrogens with zero attached hydrogens (tertiary/aromatic N) is 4. The van der Waals surface area contributed by atoms with Crippen LogP contribution in [0.25, 0.3) is 0 Å². The van der Waals surface area contributed by atoms with Crippen LogP contribution in [0.15, 0.2) is 30.3 Å². The maximum absolute atomic E-state index is 13.2. The molecule has 12 heteroatoms. The third kappa shape index (κ3) is 5.49. The van der Waals surface area contributed by atoms with Gasteiger partial charge >= 0.3 is 5.51 Å². The Morgan fingerprint density at radius 2 is 1.83 bits per heavy atom. The first-order valence-corrected chi connectivity index (χ1v) is 12.6. The fourth-order valence-corrected chi connectivity index (χ4v) is 5.00. The Balaban J connectivity index is 1.77. The number of nitriles is 1. The SMILES string of the molecule is CC1CN(c2nc(OS(O)(O)C(F)(F)F)c(C#N)c3c2CCN(Cc2ccccc2)C3)CC(C)O1. The molecule has 2 N–H and O–H groups in total. The van der Waals surface area contributed by atoms with Gasteiger partial charge in [-0.1, -0.05) is 30.3 Å². The molecule has 0 amide bonds. The lowest BCUT2D eigenvalue weighted by atomic mass is 9.95. The van der Waals surface area contributed by atoms with Crippen molar-refractivity contribution >= 4 is 16.7 Å². The minimum atomic E-state index is -5.51. The van der Waals surface area contributed by atoms with Gasteiger partial charge in [-0.2, -0.15) is 23.4 Å². The van der Waals surface area contributed by atoms with Crippen LogP contribution in [0, 0.1) is 11.3 Å². The van der Waals surface area contributed by atoms with E-state index in [1.807, 2.05) is 55.1 Å². The average Bonchev–Trinajstić information content (AvgIpc) is 2.77. The van der Waals surface area contributed by atoms with E-state index < -0.39 is 22.3 Å². The Labute approximate surface area is 203 Å². The molecule has 2 aliphatic heterocycles. The van der Waals surface area contributed by atoms with Crippen LogP contribution in [0.2, 0.25) is 0 Å². The number of halogens is 3. The second-order valence-corrected chi connectivity index (χ2v) is 10.4. The molecule has 35 heavy (non-hydrogen) atoms. The predicted molar refractivity (Wildman–Crippen MR) is 125 cm³/mol. The van der Waals surface area contributed by atoms with Gasteiger partial charge in [-0.05, 0) is 31.4 Å². The van der Waals surface area contributed by atoms with Gasteiger partial charge in [0.15, 0.2) is 0 Å². The van der Waals surface area contributed by atoms with E-state index in [1.54, 1.807) is 0 Å². The summed E-state index contributed by atoms with van der Waals surface area (Å²) in [6.45, 7) is 6.18. The van der Waals surface area contributed by atoms with E-state index in [4.69, 9.17) is 4.74 Å². The van der Waals surface area contributed by atoms with Crippen LogP contribution in [-0.2, 0) is 24.2 Å². The Morgan fingerprint density at radius 3 is 2.43 bits per heavy atom. The number of hydrogen-bond acceptors (Lipinski definition) is 8. The summed E-state index contributed by atoms with van der Waals surface area (Å²) in [6.07, 6.45) is 0.227. The van der Waals surface area contributed by atoms with Gasteiger partial charge in [0.25, 0.3) is 5.88 Å². The number of hydrogen-bond donors (Lipinski definition) is 2. The van der Waals surface area contributed by atoms with Crippen molar-refractivity contribution in [2.75, 3.05) is 24.5 Å². The topological polar surface area (TPSA) is 102 Å². The van der Waals surface area contributed by atoms with E-state index in [0.29, 0.717) is 44.0 Å². The van der Waals surface area contributed by atoms with Crippen LogP contribution in [0.5, 0.6) is 5.88 Å². The monoisotopic (exact) mass is 512 g/mol. The molecule has 2 unspecified atom stereocenters. The zero-order valence-electron chi connectivity index (χ0n) is 19.3. The molecule has 0 bridgehead atoms. The van der Waals surface area contributed by atoms with Gasteiger partial charge < -0.3 is 13.8 Å². The van der Waals surface area contributed by atoms with E-state index in [1.165, 1.54) is 0 Å². The van der Waals surface area contributed by atoms with Crippen molar-refractivity contribution in [3.05, 3.63) is 52.6 Å². The fourth-order valence-electron chi connectivity index (χ4n) is 4.57. The first-order chi connectivity index (χ1) is 16.5. The third-order valence-electron chi connectivity index (χ3n) is 5.99. The van der Waals surface area contributed by atoms with Gasteiger partial charge in [-0.25, -0.2) is 0 Å². The van der Waals surface area contributed by atoms with Crippen LogP contribution in [-0.4, -0.2) is 56.3 Å². The number of alkyl halides is 3. The molecule has 3 heterocycles. The highest BCUT2D eigenvalue weighted by atomic mass is 32.3. The Hall–Kier alpha value is -2.56. The number of anilines is 1. The summed E-state index contributed by atoms with van der Waals surface area (Å²) in [5, 5.41) is 9.88. The maximum Gasteiger partial charge on any atom is 0.504 e. The van der Waals surface area contributed by atoms with E-state index >= 15 is 0 Å². The maximum atomic E-state index is 13.2. The quantitative estimate of drug-likeness (QED) is 0.595. The van der Waals surface area contributed by atoms with Crippen LogP contribution >= 0.6 is 10.9 Å². The van der Waals surface area contributed by atoms with Gasteiger partial charge in [0.2, 0.25) is 10.9 Å². The Bertz CT molecular complexity index is 1100. The van der Waals surface area contributed by atoms with Crippen LogP contribution in [0.1, 0.15) is 36.1 Å². The number of aromatic nitrogens is 1. The number of pyridine rings is 1. The number of fused-ring (bicyclic) bond motifs is 1. The number of morpholine rings is 1. The van der Waals surface area contributed by atoms with Gasteiger partial charge in [0.1, 0.15) is 17.5 Å². The fraction of sp³-hybridized carbons (Fsp3) is 0.478. The van der Waals surface area contributed by atoms with Crippen LogP contribution in [0.3, 0.4) is 0 Å². The van der Waals surface area contributed by atoms with Crippen molar-refractivity contribution in [1.82, 2.24) is 9.88 Å². The standard InChI is InChI=1S/C23H27F3N4O4S/c1-15-11-30(12-16(2)33-15)21-18-8-9-29(13-17-6-4-3-5-7-17)14-20(18)19(10-27)22(28-21)34-35(31,32)23(24,25)26/h3-7,15-16,31-32H,8-9,11-14H2,1-2H3. The zero-order chi connectivity index (χ0) is 25.4. The summed E-state index contributed by atoms with van der Waals surface area (Å²) >= 11 is 0. The molecule has 190 valence electrons. The molecule has 2 atom stereocenters. The largest absolute Gasteiger partial charge is 0.504 e. The molecule has 0 aliphatic carbocycles. The molecule has 2 aliphatic rings. The smallest absolute Gasteiger partial charge is 0.374 e. The van der Waals surface area contributed by atoms with Crippen molar-refractivity contribution in [2.45, 2.75) is 51.1 Å². The minimum absolute atomic E-state index is 0.148. The van der Waals surface area contributed by atoms with Gasteiger partial charge in [-0.3, -0.25) is 14.0 Å². The minimum Gasteiger partial charge on any atom is -0.374 e. The molecule has 0 saturated carbocycles. The molecule has 0 radical (unpaired) electrons. The van der Waals surface area contributed by atoms with Crippen molar-refractivity contribution in [3.63, 3.8) is 0 Å². The summed E-state index contributed by atoms with van der Waals surface area (Å²) in [4.78, 5) is 8.25. The average molecular weight is 513 g/mol. The molecule has 0 spiro atoms. The van der Waals surface area contributed by atoms with Gasteiger partial charge in [0, 0.05) is 38.3 Å². The van der Waals surface area contributed by atoms with Crippen molar-refractivity contribution < 1.29 is 31.2 Å². The van der Waals surface area contributed by atoms with E-state index in [9.17, 15) is 27.5 Å². The van der Waals surface area contributed by atoms with Gasteiger partial charge in [-0.15, -0.1) is 0 Å². The highest BCUT2D eigenvalue weighted by Gasteiger charge is 2.53. The van der Waals surface area contributed by atoms with E-state index in [2.05, 4.69) is 14.1 Å². The van der Waals surface area contributed by atoms with Crippen molar-refractivity contribution in [3.8, 4) is 11.9 Å². The summed E-state index contributed by atoms with van der Waals surface area (Å²) < 4.78 is 69.4. The molecular weight excluding hydrogens is 485 g/mol. The third-order valence-corrected chi connectivity index (χ3v) is 6.99. The molecule has 8 nitrogen and oxygen atoms in total. The summed E-state index contributed by atoms with van der Waals surface area (Å²) in [6, 6.07) is 11.6. The lowest BCUT2D eigenvalue weighted by Crippen LogP contribution is -2.46. The molecule has 1 fully saturated rings. The first kappa shape index (κ1) is 25.5. The molecule has 1 saturated heterocycles. The van der Waals surface area contributed by atoms with Crippen LogP contribution in [0.4, 0.5) is 19.0 Å². The molecular formula is C23H27F3N4O4S.